The van der Waals surface area contributed by atoms with Crippen LogP contribution in [0.1, 0.15) is 5.56 Å². The highest BCUT2D eigenvalue weighted by Gasteiger charge is 2.10. The molecule has 0 spiro atoms. The van der Waals surface area contributed by atoms with E-state index in [0.29, 0.717) is 17.2 Å². The Kier molecular flexibility index (Phi) is 4.39. The summed E-state index contributed by atoms with van der Waals surface area (Å²) in [6, 6.07) is 9.59. The maximum Gasteiger partial charge on any atom is 0.162 e. The van der Waals surface area contributed by atoms with Gasteiger partial charge in [0.05, 0.1) is 25.6 Å². The van der Waals surface area contributed by atoms with Gasteiger partial charge in [0.15, 0.2) is 11.5 Å². The van der Waals surface area contributed by atoms with Gasteiger partial charge in [-0.05, 0) is 30.7 Å². The molecule has 0 amide bonds. The van der Waals surface area contributed by atoms with Gasteiger partial charge in [-0.2, -0.15) is 0 Å². The highest BCUT2D eigenvalue weighted by molar-refractivity contribution is 9.10. The van der Waals surface area contributed by atoms with Gasteiger partial charge in [-0.3, -0.25) is 0 Å². The highest BCUT2D eigenvalue weighted by Crippen LogP contribution is 2.36. The molecule has 3 N–H and O–H groups in total. The van der Waals surface area contributed by atoms with Crippen LogP contribution >= 0.6 is 15.9 Å². The Bertz CT molecular complexity index is 630. The van der Waals surface area contributed by atoms with Crippen molar-refractivity contribution in [2.45, 2.75) is 6.92 Å². The Hall–Kier alpha value is -1.88. The fourth-order valence-corrected chi connectivity index (χ4v) is 2.39. The molecule has 0 atom stereocenters. The van der Waals surface area contributed by atoms with Crippen LogP contribution in [0.2, 0.25) is 0 Å². The first-order valence-corrected chi connectivity index (χ1v) is 6.89. The Morgan fingerprint density at radius 2 is 1.65 bits per heavy atom. The number of methoxy groups -OCH3 is 2. The molecule has 0 unspecified atom stereocenters. The molecular formula is C15H17BrN2O2. The average Bonchev–Trinajstić information content (AvgIpc) is 2.43. The number of rotatable bonds is 4. The number of anilines is 3. The highest BCUT2D eigenvalue weighted by atomic mass is 79.9. The molecule has 4 nitrogen and oxygen atoms in total. The summed E-state index contributed by atoms with van der Waals surface area (Å²) in [5.41, 5.74) is 9.54. The standard InChI is InChI=1S/C15H17BrN2O2/c1-9-6-10(16)4-5-12(9)18-13-8-15(20-3)14(19-2)7-11(13)17/h4-8,18H,17H2,1-3H3. The summed E-state index contributed by atoms with van der Waals surface area (Å²) >= 11 is 3.45. The van der Waals surface area contributed by atoms with Gasteiger partial charge in [0.25, 0.3) is 0 Å². The van der Waals surface area contributed by atoms with Gasteiger partial charge in [0, 0.05) is 22.3 Å². The van der Waals surface area contributed by atoms with E-state index in [1.165, 1.54) is 0 Å². The predicted molar refractivity (Wildman–Crippen MR) is 86.1 cm³/mol. The van der Waals surface area contributed by atoms with Crippen LogP contribution in [0.4, 0.5) is 17.1 Å². The molecule has 0 aliphatic rings. The van der Waals surface area contributed by atoms with E-state index in [0.717, 1.165) is 21.4 Å². The van der Waals surface area contributed by atoms with Crippen molar-refractivity contribution in [3.63, 3.8) is 0 Å². The molecule has 2 rings (SSSR count). The van der Waals surface area contributed by atoms with Crippen molar-refractivity contribution in [2.75, 3.05) is 25.3 Å². The van der Waals surface area contributed by atoms with E-state index in [1.54, 1.807) is 20.3 Å². The first-order chi connectivity index (χ1) is 9.55. The molecule has 0 aromatic heterocycles. The lowest BCUT2D eigenvalue weighted by Gasteiger charge is -2.15. The minimum atomic E-state index is 0.602. The van der Waals surface area contributed by atoms with E-state index < -0.39 is 0 Å². The van der Waals surface area contributed by atoms with Crippen molar-refractivity contribution in [3.05, 3.63) is 40.4 Å². The molecule has 106 valence electrons. The summed E-state index contributed by atoms with van der Waals surface area (Å²) in [6.07, 6.45) is 0. The van der Waals surface area contributed by atoms with E-state index in [-0.39, 0.29) is 0 Å². The fraction of sp³-hybridized carbons (Fsp3) is 0.200. The Morgan fingerprint density at radius 3 is 2.25 bits per heavy atom. The molecule has 0 heterocycles. The molecule has 2 aromatic carbocycles. The number of halogens is 1. The molecular weight excluding hydrogens is 320 g/mol. The minimum Gasteiger partial charge on any atom is -0.493 e. The summed E-state index contributed by atoms with van der Waals surface area (Å²) in [7, 11) is 3.19. The monoisotopic (exact) mass is 336 g/mol. The van der Waals surface area contributed by atoms with Gasteiger partial charge in [-0.25, -0.2) is 0 Å². The van der Waals surface area contributed by atoms with Gasteiger partial charge < -0.3 is 20.5 Å². The van der Waals surface area contributed by atoms with Gasteiger partial charge in [0.2, 0.25) is 0 Å². The van der Waals surface area contributed by atoms with Crippen LogP contribution in [0, 0.1) is 6.92 Å². The molecule has 0 saturated heterocycles. The van der Waals surface area contributed by atoms with Crippen LogP contribution < -0.4 is 20.5 Å². The van der Waals surface area contributed by atoms with Crippen molar-refractivity contribution in [3.8, 4) is 11.5 Å². The zero-order valence-electron chi connectivity index (χ0n) is 11.7. The lowest BCUT2D eigenvalue weighted by Crippen LogP contribution is -2.00. The van der Waals surface area contributed by atoms with E-state index in [4.69, 9.17) is 15.2 Å². The number of nitrogens with one attached hydrogen (secondary N) is 1. The third-order valence-corrected chi connectivity index (χ3v) is 3.51. The van der Waals surface area contributed by atoms with Crippen molar-refractivity contribution >= 4 is 33.0 Å². The Labute approximate surface area is 127 Å². The summed E-state index contributed by atoms with van der Waals surface area (Å²) in [5, 5.41) is 3.31. The molecule has 0 bridgehead atoms. The van der Waals surface area contributed by atoms with Crippen LogP contribution in [-0.4, -0.2) is 14.2 Å². The number of benzene rings is 2. The fourth-order valence-electron chi connectivity index (χ4n) is 1.92. The first kappa shape index (κ1) is 14.5. The molecule has 0 aliphatic carbocycles. The normalized spacial score (nSPS) is 10.2. The average molecular weight is 337 g/mol. The smallest absolute Gasteiger partial charge is 0.162 e. The third-order valence-electron chi connectivity index (χ3n) is 3.01. The van der Waals surface area contributed by atoms with Crippen molar-refractivity contribution in [1.82, 2.24) is 0 Å². The number of nitrogen functional groups attached to an aromatic ring is 1. The minimum absolute atomic E-state index is 0.602. The number of ether oxygens (including phenoxy) is 2. The second-order valence-corrected chi connectivity index (χ2v) is 5.29. The lowest BCUT2D eigenvalue weighted by atomic mass is 10.1. The maximum absolute atomic E-state index is 6.04. The van der Waals surface area contributed by atoms with Crippen molar-refractivity contribution in [2.24, 2.45) is 0 Å². The van der Waals surface area contributed by atoms with E-state index in [9.17, 15) is 0 Å². The van der Waals surface area contributed by atoms with Gasteiger partial charge >= 0.3 is 0 Å². The van der Waals surface area contributed by atoms with Crippen molar-refractivity contribution < 1.29 is 9.47 Å². The summed E-state index contributed by atoms with van der Waals surface area (Å²) in [5.74, 6) is 1.25. The molecule has 0 aliphatic heterocycles. The second kappa shape index (κ2) is 6.05. The van der Waals surface area contributed by atoms with Crippen LogP contribution in [0.5, 0.6) is 11.5 Å². The molecule has 0 radical (unpaired) electrons. The first-order valence-electron chi connectivity index (χ1n) is 6.10. The van der Waals surface area contributed by atoms with Crippen LogP contribution in [0.3, 0.4) is 0 Å². The quantitative estimate of drug-likeness (QED) is 0.825. The zero-order valence-corrected chi connectivity index (χ0v) is 13.2. The summed E-state index contributed by atoms with van der Waals surface area (Å²) in [4.78, 5) is 0. The van der Waals surface area contributed by atoms with Crippen molar-refractivity contribution in [1.29, 1.82) is 0 Å². The number of hydrogen-bond acceptors (Lipinski definition) is 4. The number of hydrogen-bond donors (Lipinski definition) is 2. The Morgan fingerprint density at radius 1 is 1.00 bits per heavy atom. The molecule has 0 saturated carbocycles. The number of nitrogens with two attached hydrogens (primary N) is 1. The zero-order chi connectivity index (χ0) is 14.7. The topological polar surface area (TPSA) is 56.5 Å². The molecule has 20 heavy (non-hydrogen) atoms. The Balaban J connectivity index is 2.38. The van der Waals surface area contributed by atoms with E-state index in [2.05, 4.69) is 21.2 Å². The second-order valence-electron chi connectivity index (χ2n) is 4.38. The molecule has 0 fully saturated rings. The van der Waals surface area contributed by atoms with Gasteiger partial charge in [0.1, 0.15) is 0 Å². The van der Waals surface area contributed by atoms with Crippen LogP contribution in [0.15, 0.2) is 34.8 Å². The number of aryl methyl sites for hydroxylation is 1. The third kappa shape index (κ3) is 2.99. The molecule has 5 heteroatoms. The largest absolute Gasteiger partial charge is 0.493 e. The van der Waals surface area contributed by atoms with E-state index in [1.807, 2.05) is 31.2 Å². The lowest BCUT2D eigenvalue weighted by molar-refractivity contribution is 0.355. The van der Waals surface area contributed by atoms with E-state index >= 15 is 0 Å². The maximum atomic E-state index is 6.04. The SMILES string of the molecule is COc1cc(N)c(Nc2ccc(Br)cc2C)cc1OC. The van der Waals surface area contributed by atoms with Crippen LogP contribution in [0.25, 0.3) is 0 Å². The predicted octanol–water partition coefficient (Wildman–Crippen LogP) is 4.10. The van der Waals surface area contributed by atoms with Gasteiger partial charge in [-0.1, -0.05) is 15.9 Å². The summed E-state index contributed by atoms with van der Waals surface area (Å²) in [6.45, 7) is 2.03. The molecule has 2 aromatic rings. The van der Waals surface area contributed by atoms with Gasteiger partial charge in [-0.15, -0.1) is 0 Å². The van der Waals surface area contributed by atoms with Crippen LogP contribution in [-0.2, 0) is 0 Å². The summed E-state index contributed by atoms with van der Waals surface area (Å²) < 4.78 is 11.6.